The van der Waals surface area contributed by atoms with Crippen molar-refractivity contribution in [1.82, 2.24) is 0 Å². The van der Waals surface area contributed by atoms with Crippen molar-refractivity contribution < 1.29 is 19.1 Å². The van der Waals surface area contributed by atoms with Gasteiger partial charge in [-0.1, -0.05) is 59.8 Å². The van der Waals surface area contributed by atoms with Crippen molar-refractivity contribution in [3.8, 4) is 5.75 Å². The molecule has 0 N–H and O–H groups in total. The summed E-state index contributed by atoms with van der Waals surface area (Å²) in [5.74, 6) is -0.212. The highest BCUT2D eigenvalue weighted by atomic mass is 32.2. The summed E-state index contributed by atoms with van der Waals surface area (Å²) in [6.45, 7) is 5.39. The minimum absolute atomic E-state index is 0.190. The van der Waals surface area contributed by atoms with Crippen molar-refractivity contribution >= 4 is 34.8 Å². The Balaban J connectivity index is 1.74. The second kappa shape index (κ2) is 8.89. The second-order valence-electron chi connectivity index (χ2n) is 6.56. The van der Waals surface area contributed by atoms with Gasteiger partial charge >= 0.3 is 5.97 Å². The lowest BCUT2D eigenvalue weighted by molar-refractivity contribution is -0.149. The van der Waals surface area contributed by atoms with Crippen molar-refractivity contribution in [2.75, 3.05) is 6.61 Å². The molecule has 28 heavy (non-hydrogen) atoms. The average molecular weight is 395 g/mol. The molecule has 5 nitrogen and oxygen atoms in total. The molecule has 0 atom stereocenters. The van der Waals surface area contributed by atoms with Crippen LogP contribution < -0.4 is 4.74 Å². The normalized spacial score (nSPS) is 15.1. The zero-order valence-corrected chi connectivity index (χ0v) is 16.8. The molecule has 0 saturated heterocycles. The number of amides is 1. The van der Waals surface area contributed by atoms with Crippen LogP contribution in [0, 0.1) is 6.92 Å². The van der Waals surface area contributed by atoms with E-state index in [1.54, 1.807) is 26.0 Å². The Labute approximate surface area is 168 Å². The van der Waals surface area contributed by atoms with E-state index in [0.29, 0.717) is 21.3 Å². The first-order chi connectivity index (χ1) is 13.4. The molecule has 144 valence electrons. The molecule has 1 heterocycles. The number of para-hydroxylation sites is 1. The van der Waals surface area contributed by atoms with Gasteiger partial charge in [0.25, 0.3) is 5.91 Å². The highest BCUT2D eigenvalue weighted by Crippen LogP contribution is 2.33. The molecule has 0 saturated carbocycles. The van der Waals surface area contributed by atoms with Gasteiger partial charge in [0.1, 0.15) is 10.8 Å². The highest BCUT2D eigenvalue weighted by Gasteiger charge is 2.23. The van der Waals surface area contributed by atoms with Gasteiger partial charge in [0.05, 0.1) is 11.0 Å². The number of aliphatic imine (C=N–C) groups is 1. The van der Waals surface area contributed by atoms with Crippen LogP contribution in [0.2, 0.25) is 0 Å². The number of esters is 1. The number of aryl methyl sites for hydroxylation is 1. The summed E-state index contributed by atoms with van der Waals surface area (Å²) in [5.41, 5.74) is 2.76. The van der Waals surface area contributed by atoms with Gasteiger partial charge < -0.3 is 9.47 Å². The Morgan fingerprint density at radius 3 is 2.57 bits per heavy atom. The van der Waals surface area contributed by atoms with E-state index < -0.39 is 5.97 Å². The maximum Gasteiger partial charge on any atom is 0.344 e. The van der Waals surface area contributed by atoms with Gasteiger partial charge in [-0.2, -0.15) is 0 Å². The number of ether oxygens (including phenoxy) is 2. The van der Waals surface area contributed by atoms with Crippen molar-refractivity contribution in [3.63, 3.8) is 0 Å². The van der Waals surface area contributed by atoms with Gasteiger partial charge in [-0.05, 0) is 32.9 Å². The molecule has 0 fully saturated rings. The Hall–Kier alpha value is -2.86. The summed E-state index contributed by atoms with van der Waals surface area (Å²) in [6.07, 6.45) is 1.54. The molecule has 6 heteroatoms. The van der Waals surface area contributed by atoms with E-state index in [2.05, 4.69) is 4.99 Å². The van der Waals surface area contributed by atoms with E-state index >= 15 is 0 Å². The maximum atomic E-state index is 12.3. The Bertz CT molecular complexity index is 945. The lowest BCUT2D eigenvalue weighted by atomic mass is 10.2. The van der Waals surface area contributed by atoms with E-state index in [0.717, 1.165) is 11.1 Å². The van der Waals surface area contributed by atoms with Crippen LogP contribution >= 0.6 is 11.8 Å². The van der Waals surface area contributed by atoms with Crippen molar-refractivity contribution in [2.45, 2.75) is 26.9 Å². The number of hydrogen-bond acceptors (Lipinski definition) is 5. The number of nitrogens with zero attached hydrogens (tertiary/aromatic N) is 1. The molecule has 2 aromatic rings. The first-order valence-corrected chi connectivity index (χ1v) is 9.75. The smallest absolute Gasteiger partial charge is 0.344 e. The summed E-state index contributed by atoms with van der Waals surface area (Å²) in [4.78, 5) is 28.7. The molecule has 3 rings (SSSR count). The number of carbonyl (C=O) groups excluding carboxylic acids is 2. The minimum Gasteiger partial charge on any atom is -0.481 e. The predicted octanol–water partition coefficient (Wildman–Crippen LogP) is 4.39. The van der Waals surface area contributed by atoms with E-state index in [-0.39, 0.29) is 18.6 Å². The molecule has 1 amide bonds. The SMILES string of the molecule is Cc1ccc(C2=NC(=O)/C(=C/c3ccccc3OCC(=O)OC(C)C)S2)cc1. The zero-order chi connectivity index (χ0) is 20.1. The highest BCUT2D eigenvalue weighted by molar-refractivity contribution is 8.19. The van der Waals surface area contributed by atoms with Crippen LogP contribution in [-0.2, 0) is 14.3 Å². The third-order valence-corrected chi connectivity index (χ3v) is 4.87. The van der Waals surface area contributed by atoms with Crippen LogP contribution in [0.1, 0.15) is 30.5 Å². The van der Waals surface area contributed by atoms with E-state index in [1.807, 2.05) is 49.4 Å². The molecule has 0 bridgehead atoms. The predicted molar refractivity (Wildman–Crippen MR) is 111 cm³/mol. The van der Waals surface area contributed by atoms with Gasteiger partial charge in [-0.3, -0.25) is 4.79 Å². The van der Waals surface area contributed by atoms with Crippen LogP contribution in [0.15, 0.2) is 58.4 Å². The van der Waals surface area contributed by atoms with Gasteiger partial charge in [0.15, 0.2) is 6.61 Å². The lowest BCUT2D eigenvalue weighted by Crippen LogP contribution is -2.18. The van der Waals surface area contributed by atoms with E-state index in [1.165, 1.54) is 11.8 Å². The van der Waals surface area contributed by atoms with E-state index in [9.17, 15) is 9.59 Å². The van der Waals surface area contributed by atoms with Crippen molar-refractivity contribution in [2.24, 2.45) is 4.99 Å². The summed E-state index contributed by atoms with van der Waals surface area (Å²) in [7, 11) is 0. The molecule has 2 aromatic carbocycles. The second-order valence-corrected chi connectivity index (χ2v) is 7.59. The van der Waals surface area contributed by atoms with Crippen LogP contribution in [0.25, 0.3) is 6.08 Å². The summed E-state index contributed by atoms with van der Waals surface area (Å²) in [5, 5.41) is 0.676. The standard InChI is InChI=1S/C22H21NO4S/c1-14(2)27-20(24)13-26-18-7-5-4-6-17(18)12-19-21(25)23-22(28-19)16-10-8-15(3)9-11-16/h4-12,14H,13H2,1-3H3/b19-12-. The Kier molecular flexibility index (Phi) is 6.31. The molecule has 0 spiro atoms. The third-order valence-electron chi connectivity index (χ3n) is 3.84. The molecule has 0 aromatic heterocycles. The molecule has 0 radical (unpaired) electrons. The molecular weight excluding hydrogens is 374 g/mol. The monoisotopic (exact) mass is 395 g/mol. The molecule has 1 aliphatic rings. The quantitative estimate of drug-likeness (QED) is 0.536. The number of carbonyl (C=O) groups is 2. The van der Waals surface area contributed by atoms with Crippen LogP contribution in [0.4, 0.5) is 0 Å². The summed E-state index contributed by atoms with van der Waals surface area (Å²) in [6, 6.07) is 15.1. The number of hydrogen-bond donors (Lipinski definition) is 0. The first kappa shape index (κ1) is 19.9. The summed E-state index contributed by atoms with van der Waals surface area (Å²) < 4.78 is 10.7. The van der Waals surface area contributed by atoms with Crippen molar-refractivity contribution in [1.29, 1.82) is 0 Å². The summed E-state index contributed by atoms with van der Waals surface area (Å²) >= 11 is 1.33. The van der Waals surface area contributed by atoms with Crippen molar-refractivity contribution in [3.05, 3.63) is 70.1 Å². The molecule has 1 aliphatic heterocycles. The fourth-order valence-electron chi connectivity index (χ4n) is 2.53. The maximum absolute atomic E-state index is 12.3. The third kappa shape index (κ3) is 5.10. The largest absolute Gasteiger partial charge is 0.481 e. The van der Waals surface area contributed by atoms with Gasteiger partial charge in [0.2, 0.25) is 0 Å². The molecular formula is C22H21NO4S. The Morgan fingerprint density at radius 1 is 1.14 bits per heavy atom. The average Bonchev–Trinajstić information content (AvgIpc) is 3.01. The number of rotatable bonds is 6. The minimum atomic E-state index is -0.436. The Morgan fingerprint density at radius 2 is 1.86 bits per heavy atom. The first-order valence-electron chi connectivity index (χ1n) is 8.93. The molecule has 0 aliphatic carbocycles. The van der Waals surface area contributed by atoms with Gasteiger partial charge in [0, 0.05) is 11.1 Å². The number of benzene rings is 2. The molecule has 0 unspecified atom stereocenters. The van der Waals surface area contributed by atoms with E-state index in [4.69, 9.17) is 9.47 Å². The van der Waals surface area contributed by atoms with Gasteiger partial charge in [-0.15, -0.1) is 0 Å². The fourth-order valence-corrected chi connectivity index (χ4v) is 3.44. The number of thioether (sulfide) groups is 1. The lowest BCUT2D eigenvalue weighted by Gasteiger charge is -2.11. The van der Waals surface area contributed by atoms with Crippen LogP contribution in [0.3, 0.4) is 0 Å². The zero-order valence-electron chi connectivity index (χ0n) is 16.0. The van der Waals surface area contributed by atoms with Crippen LogP contribution in [-0.4, -0.2) is 29.6 Å². The fraction of sp³-hybridized carbons (Fsp3) is 0.227. The topological polar surface area (TPSA) is 65.0 Å². The van der Waals surface area contributed by atoms with Gasteiger partial charge in [-0.25, -0.2) is 9.79 Å². The van der Waals surface area contributed by atoms with Crippen LogP contribution in [0.5, 0.6) is 5.75 Å².